The Kier molecular flexibility index (Phi) is 5.71. The van der Waals surface area contributed by atoms with Crippen LogP contribution < -0.4 is 21.3 Å². The second kappa shape index (κ2) is 9.74. The molecular formula is C42H35BN2. The van der Waals surface area contributed by atoms with Gasteiger partial charge in [0.25, 0.3) is 0 Å². The molecule has 6 aromatic carbocycles. The van der Waals surface area contributed by atoms with Crippen molar-refractivity contribution in [3.05, 3.63) is 139 Å². The number of hydrogen-bond donors (Lipinski definition) is 0. The molecule has 0 aliphatic carbocycles. The molecule has 1 aromatic heterocycles. The molecule has 0 N–H and O–H groups in total. The van der Waals surface area contributed by atoms with Gasteiger partial charge in [-0.15, -0.1) is 0 Å². The average molecular weight is 579 g/mol. The van der Waals surface area contributed by atoms with Crippen molar-refractivity contribution in [2.45, 2.75) is 39.5 Å². The summed E-state index contributed by atoms with van der Waals surface area (Å²) in [6.45, 7) is 9.37. The number of aromatic nitrogens is 1. The molecule has 2 aliphatic heterocycles. The molecule has 2 nitrogen and oxygen atoms in total. The van der Waals surface area contributed by atoms with E-state index in [-0.39, 0.29) is 6.71 Å². The van der Waals surface area contributed by atoms with Crippen molar-refractivity contribution in [1.29, 1.82) is 0 Å². The molecule has 0 spiro atoms. The number of nitrogens with zero attached hydrogens (tertiary/aromatic N) is 2. The minimum absolute atomic E-state index is 0.208. The summed E-state index contributed by atoms with van der Waals surface area (Å²) in [5, 5.41) is 2.57. The van der Waals surface area contributed by atoms with Crippen LogP contribution in [0.15, 0.2) is 127 Å². The van der Waals surface area contributed by atoms with Gasteiger partial charge in [-0.05, 0) is 87.5 Å². The van der Waals surface area contributed by atoms with E-state index in [4.69, 9.17) is 0 Å². The molecule has 216 valence electrons. The van der Waals surface area contributed by atoms with Crippen LogP contribution in [-0.2, 0) is 0 Å². The zero-order valence-electron chi connectivity index (χ0n) is 26.3. The molecule has 0 unspecified atom stereocenters. The summed E-state index contributed by atoms with van der Waals surface area (Å²) >= 11 is 0. The molecule has 3 heteroatoms. The standard InChI is InChI=1S/C42H35BN2/c1-26(2)28-12-11-13-30(22-28)44-40-23-29(27(3)4)20-21-37(40)43-36-17-8-5-14-32(36)35-24-31(25-41(44)42(35)43)45-38-18-9-6-15-33(38)34-16-7-10-19-39(34)45/h5-27H,1-4H3. The molecule has 0 amide bonds. The molecule has 2 aliphatic rings. The molecule has 0 saturated carbocycles. The predicted octanol–water partition coefficient (Wildman–Crippen LogP) is 9.31. The van der Waals surface area contributed by atoms with Crippen molar-refractivity contribution < 1.29 is 0 Å². The van der Waals surface area contributed by atoms with Gasteiger partial charge in [0.2, 0.25) is 6.71 Å². The average Bonchev–Trinajstić information content (AvgIpc) is 3.58. The Labute approximate surface area is 265 Å². The highest BCUT2D eigenvalue weighted by Gasteiger charge is 2.43. The fraction of sp³-hybridized carbons (Fsp3) is 0.143. The lowest BCUT2D eigenvalue weighted by Gasteiger charge is -2.37. The van der Waals surface area contributed by atoms with E-state index >= 15 is 0 Å². The largest absolute Gasteiger partial charge is 0.311 e. The molecule has 0 saturated heterocycles. The summed E-state index contributed by atoms with van der Waals surface area (Å²) < 4.78 is 2.47. The van der Waals surface area contributed by atoms with Gasteiger partial charge in [0, 0.05) is 33.5 Å². The van der Waals surface area contributed by atoms with Gasteiger partial charge in [0.05, 0.1) is 11.0 Å². The van der Waals surface area contributed by atoms with Crippen molar-refractivity contribution >= 4 is 62.0 Å². The van der Waals surface area contributed by atoms with E-state index in [1.165, 1.54) is 83.2 Å². The summed E-state index contributed by atoms with van der Waals surface area (Å²) in [6, 6.07) is 48.1. The number of para-hydroxylation sites is 2. The Balaban J connectivity index is 1.41. The van der Waals surface area contributed by atoms with Crippen LogP contribution in [0.3, 0.4) is 0 Å². The van der Waals surface area contributed by atoms with E-state index in [1.54, 1.807) is 0 Å². The molecule has 3 heterocycles. The van der Waals surface area contributed by atoms with Crippen molar-refractivity contribution in [1.82, 2.24) is 4.57 Å². The first kappa shape index (κ1) is 26.4. The summed E-state index contributed by atoms with van der Waals surface area (Å²) in [5.74, 6) is 0.888. The molecule has 7 aromatic rings. The monoisotopic (exact) mass is 578 g/mol. The number of rotatable bonds is 4. The first-order valence-electron chi connectivity index (χ1n) is 16.3. The van der Waals surface area contributed by atoms with E-state index in [0.29, 0.717) is 11.8 Å². The summed E-state index contributed by atoms with van der Waals surface area (Å²) in [6.07, 6.45) is 0. The van der Waals surface area contributed by atoms with Gasteiger partial charge in [0.1, 0.15) is 0 Å². The van der Waals surface area contributed by atoms with E-state index in [9.17, 15) is 0 Å². The van der Waals surface area contributed by atoms with Crippen molar-refractivity contribution in [2.24, 2.45) is 0 Å². The van der Waals surface area contributed by atoms with Crippen molar-refractivity contribution in [3.63, 3.8) is 0 Å². The predicted molar refractivity (Wildman–Crippen MR) is 194 cm³/mol. The smallest absolute Gasteiger partial charge is 0.248 e. The molecule has 0 atom stereocenters. The van der Waals surface area contributed by atoms with Gasteiger partial charge in [-0.3, -0.25) is 0 Å². The molecule has 0 fully saturated rings. The summed E-state index contributed by atoms with van der Waals surface area (Å²) in [4.78, 5) is 2.56. The SMILES string of the molecule is CC(C)c1cccc(N2c3cc(C(C)C)ccc3B3c4ccccc4-c4cc(-n5c6ccccc6c6ccccc65)cc2c43)c1. The van der Waals surface area contributed by atoms with Crippen LogP contribution >= 0.6 is 0 Å². The van der Waals surface area contributed by atoms with Crippen LogP contribution in [0, 0.1) is 0 Å². The van der Waals surface area contributed by atoms with Crippen LogP contribution in [0.25, 0.3) is 38.6 Å². The van der Waals surface area contributed by atoms with Crippen LogP contribution in [-0.4, -0.2) is 11.3 Å². The van der Waals surface area contributed by atoms with Crippen molar-refractivity contribution in [3.8, 4) is 16.8 Å². The highest BCUT2D eigenvalue weighted by molar-refractivity contribution is 7.01. The zero-order chi connectivity index (χ0) is 30.4. The topological polar surface area (TPSA) is 8.17 Å². The van der Waals surface area contributed by atoms with Gasteiger partial charge < -0.3 is 9.47 Å². The van der Waals surface area contributed by atoms with Crippen LogP contribution in [0.1, 0.15) is 50.7 Å². The Morgan fingerprint density at radius 1 is 0.489 bits per heavy atom. The van der Waals surface area contributed by atoms with Crippen LogP contribution in [0.5, 0.6) is 0 Å². The fourth-order valence-electron chi connectivity index (χ4n) is 7.93. The maximum Gasteiger partial charge on any atom is 0.248 e. The molecular weight excluding hydrogens is 543 g/mol. The minimum Gasteiger partial charge on any atom is -0.311 e. The second-order valence-electron chi connectivity index (χ2n) is 13.4. The Bertz CT molecular complexity index is 2250. The molecule has 45 heavy (non-hydrogen) atoms. The molecule has 0 bridgehead atoms. The molecule has 0 radical (unpaired) electrons. The maximum atomic E-state index is 2.56. The van der Waals surface area contributed by atoms with Gasteiger partial charge in [-0.25, -0.2) is 0 Å². The Morgan fingerprint density at radius 2 is 1.16 bits per heavy atom. The van der Waals surface area contributed by atoms with E-state index in [0.717, 1.165) is 0 Å². The second-order valence-corrected chi connectivity index (χ2v) is 13.4. The van der Waals surface area contributed by atoms with Gasteiger partial charge >= 0.3 is 0 Å². The first-order valence-corrected chi connectivity index (χ1v) is 16.3. The van der Waals surface area contributed by atoms with E-state index in [2.05, 4.69) is 165 Å². The van der Waals surface area contributed by atoms with E-state index < -0.39 is 0 Å². The third-order valence-electron chi connectivity index (χ3n) is 10.1. The highest BCUT2D eigenvalue weighted by atomic mass is 15.2. The third kappa shape index (κ3) is 3.77. The fourth-order valence-corrected chi connectivity index (χ4v) is 7.93. The van der Waals surface area contributed by atoms with Crippen molar-refractivity contribution in [2.75, 3.05) is 4.90 Å². The lowest BCUT2D eigenvalue weighted by atomic mass is 9.37. The normalized spacial score (nSPS) is 13.2. The Morgan fingerprint density at radius 3 is 1.89 bits per heavy atom. The van der Waals surface area contributed by atoms with Crippen LogP contribution in [0.2, 0.25) is 0 Å². The third-order valence-corrected chi connectivity index (χ3v) is 10.1. The number of anilines is 3. The number of hydrogen-bond acceptors (Lipinski definition) is 1. The van der Waals surface area contributed by atoms with Gasteiger partial charge in [-0.1, -0.05) is 118 Å². The van der Waals surface area contributed by atoms with Gasteiger partial charge in [-0.2, -0.15) is 0 Å². The maximum absolute atomic E-state index is 2.56. The summed E-state index contributed by atoms with van der Waals surface area (Å²) in [7, 11) is 0. The lowest BCUT2D eigenvalue weighted by Crippen LogP contribution is -2.54. The highest BCUT2D eigenvalue weighted by Crippen LogP contribution is 2.44. The first-order chi connectivity index (χ1) is 22.0. The minimum atomic E-state index is 0.208. The van der Waals surface area contributed by atoms with E-state index in [1.807, 2.05) is 0 Å². The lowest BCUT2D eigenvalue weighted by molar-refractivity contribution is 0.865. The quantitative estimate of drug-likeness (QED) is 0.189. The Hall–Kier alpha value is -5.02. The zero-order valence-corrected chi connectivity index (χ0v) is 26.3. The molecule has 9 rings (SSSR count). The summed E-state index contributed by atoms with van der Waals surface area (Å²) in [5.41, 5.74) is 17.1. The van der Waals surface area contributed by atoms with Crippen LogP contribution in [0.4, 0.5) is 17.1 Å². The number of benzene rings is 6. The van der Waals surface area contributed by atoms with Gasteiger partial charge in [0.15, 0.2) is 0 Å². The number of fused-ring (bicyclic) bond motifs is 8.